The van der Waals surface area contributed by atoms with Crippen molar-refractivity contribution in [1.29, 1.82) is 0 Å². The molecule has 3 aliphatic rings. The highest BCUT2D eigenvalue weighted by Crippen LogP contribution is 2.48. The van der Waals surface area contributed by atoms with Crippen LogP contribution in [0.4, 0.5) is 0 Å². The van der Waals surface area contributed by atoms with Crippen molar-refractivity contribution in [3.63, 3.8) is 0 Å². The van der Waals surface area contributed by atoms with E-state index in [1.165, 1.54) is 33.4 Å². The smallest absolute Gasteiger partial charge is 0.0131 e. The quantitative estimate of drug-likeness (QED) is 0.601. The van der Waals surface area contributed by atoms with Crippen molar-refractivity contribution in [2.24, 2.45) is 11.8 Å². The summed E-state index contributed by atoms with van der Waals surface area (Å²) in [6.45, 7) is 0. The van der Waals surface area contributed by atoms with Gasteiger partial charge < -0.3 is 0 Å². The second kappa shape index (κ2) is 4.45. The van der Waals surface area contributed by atoms with Gasteiger partial charge >= 0.3 is 0 Å². The molecule has 22 heavy (non-hydrogen) atoms. The Morgan fingerprint density at radius 2 is 1.00 bits per heavy atom. The third-order valence-corrected chi connectivity index (χ3v) is 5.06. The molecule has 5 rings (SSSR count). The van der Waals surface area contributed by atoms with E-state index in [0.29, 0.717) is 11.8 Å². The maximum absolute atomic E-state index is 2.38. The van der Waals surface area contributed by atoms with Gasteiger partial charge in [0, 0.05) is 11.8 Å². The minimum atomic E-state index is 0.458. The van der Waals surface area contributed by atoms with Crippen LogP contribution in [0.2, 0.25) is 0 Å². The third-order valence-electron chi connectivity index (χ3n) is 5.06. The Morgan fingerprint density at radius 1 is 0.545 bits per heavy atom. The molecule has 0 bridgehead atoms. The van der Waals surface area contributed by atoms with Crippen LogP contribution in [0, 0.1) is 11.8 Å². The highest BCUT2D eigenvalue weighted by atomic mass is 14.4. The zero-order valence-electron chi connectivity index (χ0n) is 12.2. The fraction of sp³-hybridized carbons (Fsp3) is 0.0909. The first-order valence-corrected chi connectivity index (χ1v) is 7.89. The van der Waals surface area contributed by atoms with E-state index < -0.39 is 0 Å². The molecule has 0 fully saturated rings. The average molecular weight is 280 g/mol. The Morgan fingerprint density at radius 3 is 1.50 bits per heavy atom. The number of fused-ring (bicyclic) bond motifs is 7. The first-order chi connectivity index (χ1) is 10.9. The van der Waals surface area contributed by atoms with Crippen LogP contribution >= 0.6 is 0 Å². The van der Waals surface area contributed by atoms with Crippen LogP contribution in [0.1, 0.15) is 22.3 Å². The molecular weight excluding hydrogens is 264 g/mol. The third kappa shape index (κ3) is 1.58. The number of rotatable bonds is 0. The predicted molar refractivity (Wildman–Crippen MR) is 93.9 cm³/mol. The number of hydrogen-bond acceptors (Lipinski definition) is 0. The second-order valence-electron chi connectivity index (χ2n) is 6.19. The fourth-order valence-electron chi connectivity index (χ4n) is 4.00. The van der Waals surface area contributed by atoms with Crippen molar-refractivity contribution in [2.75, 3.05) is 0 Å². The maximum atomic E-state index is 2.38. The first-order valence-electron chi connectivity index (χ1n) is 7.89. The molecule has 2 unspecified atom stereocenters. The van der Waals surface area contributed by atoms with Gasteiger partial charge in [0.15, 0.2) is 0 Å². The lowest BCUT2D eigenvalue weighted by atomic mass is 9.68. The summed E-state index contributed by atoms with van der Waals surface area (Å²) < 4.78 is 0. The van der Waals surface area contributed by atoms with Crippen molar-refractivity contribution in [3.8, 4) is 0 Å². The molecule has 0 heteroatoms. The van der Waals surface area contributed by atoms with E-state index in [9.17, 15) is 0 Å². The maximum Gasteiger partial charge on any atom is 0.0131 e. The van der Waals surface area contributed by atoms with E-state index in [1.807, 2.05) is 0 Å². The van der Waals surface area contributed by atoms with Crippen LogP contribution in [0.25, 0.3) is 23.3 Å². The summed E-state index contributed by atoms with van der Waals surface area (Å²) in [5.41, 5.74) is 8.35. The fourth-order valence-corrected chi connectivity index (χ4v) is 4.00. The topological polar surface area (TPSA) is 0 Å². The lowest BCUT2D eigenvalue weighted by molar-refractivity contribution is 0.701. The van der Waals surface area contributed by atoms with Gasteiger partial charge in [0.2, 0.25) is 0 Å². The molecule has 0 heterocycles. The SMILES string of the molecule is C1=CC2C(=CC=C3c4ccccc4C=CC32)c2ccccc21. The molecule has 0 spiro atoms. The van der Waals surface area contributed by atoms with Crippen molar-refractivity contribution < 1.29 is 0 Å². The summed E-state index contributed by atoms with van der Waals surface area (Å²) in [6, 6.07) is 17.4. The molecule has 0 N–H and O–H groups in total. The van der Waals surface area contributed by atoms with Gasteiger partial charge in [-0.05, 0) is 33.4 Å². The van der Waals surface area contributed by atoms with E-state index >= 15 is 0 Å². The zero-order chi connectivity index (χ0) is 14.5. The highest BCUT2D eigenvalue weighted by molar-refractivity contribution is 5.91. The molecule has 0 saturated carbocycles. The van der Waals surface area contributed by atoms with Gasteiger partial charge in [-0.1, -0.05) is 85.0 Å². The zero-order valence-corrected chi connectivity index (χ0v) is 12.2. The molecule has 0 nitrogen and oxygen atoms in total. The lowest BCUT2D eigenvalue weighted by Crippen LogP contribution is -2.21. The molecule has 104 valence electrons. The van der Waals surface area contributed by atoms with Crippen molar-refractivity contribution in [1.82, 2.24) is 0 Å². The van der Waals surface area contributed by atoms with Crippen LogP contribution < -0.4 is 0 Å². The normalized spacial score (nSPS) is 23.6. The van der Waals surface area contributed by atoms with E-state index in [0.717, 1.165) is 0 Å². The van der Waals surface area contributed by atoms with Gasteiger partial charge in [0.1, 0.15) is 0 Å². The Bertz CT molecular complexity index is 814. The van der Waals surface area contributed by atoms with Crippen molar-refractivity contribution >= 4 is 23.3 Å². The molecule has 0 aliphatic heterocycles. The first kappa shape index (κ1) is 12.0. The molecule has 0 aromatic heterocycles. The average Bonchev–Trinajstić information content (AvgIpc) is 2.60. The van der Waals surface area contributed by atoms with E-state index in [4.69, 9.17) is 0 Å². The highest BCUT2D eigenvalue weighted by Gasteiger charge is 2.32. The number of benzene rings is 2. The Labute approximate surface area is 130 Å². The van der Waals surface area contributed by atoms with Crippen LogP contribution in [-0.4, -0.2) is 0 Å². The van der Waals surface area contributed by atoms with Gasteiger partial charge in [-0.3, -0.25) is 0 Å². The largest absolute Gasteiger partial charge is 0.0754 e. The summed E-state index contributed by atoms with van der Waals surface area (Å²) in [4.78, 5) is 0. The predicted octanol–water partition coefficient (Wildman–Crippen LogP) is 5.45. The molecule has 2 aromatic carbocycles. The molecule has 2 aromatic rings. The molecule has 0 radical (unpaired) electrons. The van der Waals surface area contributed by atoms with Crippen molar-refractivity contribution in [3.05, 3.63) is 95.1 Å². The summed E-state index contributed by atoms with van der Waals surface area (Å²) in [5.74, 6) is 0.916. The Hall–Kier alpha value is -2.60. The van der Waals surface area contributed by atoms with Gasteiger partial charge in [-0.15, -0.1) is 0 Å². The molecule has 2 atom stereocenters. The number of allylic oxidation sites excluding steroid dienone is 6. The summed E-state index contributed by atoms with van der Waals surface area (Å²) >= 11 is 0. The van der Waals surface area contributed by atoms with Crippen LogP contribution in [0.3, 0.4) is 0 Å². The van der Waals surface area contributed by atoms with Gasteiger partial charge in [-0.2, -0.15) is 0 Å². The van der Waals surface area contributed by atoms with Crippen LogP contribution in [0.15, 0.2) is 72.8 Å². The summed E-state index contributed by atoms with van der Waals surface area (Å²) in [5, 5.41) is 0. The molecular formula is C22H16. The Kier molecular flexibility index (Phi) is 2.42. The molecule has 0 saturated heterocycles. The lowest BCUT2D eigenvalue weighted by Gasteiger charge is -2.35. The standard InChI is InChI=1S/C22H16/c1-3-7-17-15(5-1)9-11-21-19(17)13-14-20-18-8-4-2-6-16(18)10-12-22(20)21/h1-14,21-22H. The summed E-state index contributed by atoms with van der Waals surface area (Å²) in [6.07, 6.45) is 14.0. The minimum absolute atomic E-state index is 0.458. The summed E-state index contributed by atoms with van der Waals surface area (Å²) in [7, 11) is 0. The van der Waals surface area contributed by atoms with E-state index in [2.05, 4.69) is 85.0 Å². The minimum Gasteiger partial charge on any atom is -0.0754 e. The van der Waals surface area contributed by atoms with E-state index in [1.54, 1.807) is 0 Å². The van der Waals surface area contributed by atoms with Gasteiger partial charge in [0.05, 0.1) is 0 Å². The van der Waals surface area contributed by atoms with Crippen LogP contribution in [0.5, 0.6) is 0 Å². The van der Waals surface area contributed by atoms with E-state index in [-0.39, 0.29) is 0 Å². The molecule has 3 aliphatic carbocycles. The number of hydrogen-bond donors (Lipinski definition) is 0. The van der Waals surface area contributed by atoms with Gasteiger partial charge in [0.25, 0.3) is 0 Å². The van der Waals surface area contributed by atoms with Gasteiger partial charge in [-0.25, -0.2) is 0 Å². The van der Waals surface area contributed by atoms with Crippen LogP contribution in [-0.2, 0) is 0 Å². The molecule has 0 amide bonds. The Balaban J connectivity index is 1.71. The second-order valence-corrected chi connectivity index (χ2v) is 6.19. The van der Waals surface area contributed by atoms with Crippen molar-refractivity contribution in [2.45, 2.75) is 0 Å². The monoisotopic (exact) mass is 280 g/mol.